The quantitative estimate of drug-likeness (QED) is 0.384. The van der Waals surface area contributed by atoms with Crippen molar-refractivity contribution in [3.63, 3.8) is 0 Å². The number of aliphatic hydroxyl groups excluding tert-OH is 3. The Balaban J connectivity index is 2.01. The lowest BCUT2D eigenvalue weighted by atomic mass is 9.42. The minimum atomic E-state index is -1.97. The van der Waals surface area contributed by atoms with Crippen molar-refractivity contribution in [2.45, 2.75) is 96.1 Å². The monoisotopic (exact) mass is 484 g/mol. The largest absolute Gasteiger partial charge is 0.454 e. The maximum atomic E-state index is 14.3. The first-order valence-corrected chi connectivity index (χ1v) is 11.8. The van der Waals surface area contributed by atoms with Crippen molar-refractivity contribution in [2.75, 3.05) is 6.61 Å². The minimum absolute atomic E-state index is 0.0454. The smallest absolute Gasteiger partial charge is 0.303 e. The van der Waals surface area contributed by atoms with Gasteiger partial charge in [-0.1, -0.05) is 20.8 Å². The van der Waals surface area contributed by atoms with Crippen molar-refractivity contribution in [1.82, 2.24) is 0 Å². The highest BCUT2D eigenvalue weighted by molar-refractivity contribution is 5.92. The lowest BCUT2D eigenvalue weighted by molar-refractivity contribution is -0.356. The predicted molar refractivity (Wildman–Crippen MR) is 115 cm³/mol. The van der Waals surface area contributed by atoms with Crippen LogP contribution in [-0.2, 0) is 28.6 Å². The van der Waals surface area contributed by atoms with E-state index < -0.39 is 88.0 Å². The molecule has 4 rings (SSSR count). The third kappa shape index (κ3) is 3.01. The van der Waals surface area contributed by atoms with E-state index in [1.807, 2.05) is 0 Å². The van der Waals surface area contributed by atoms with Crippen molar-refractivity contribution in [3.05, 3.63) is 0 Å². The molecule has 10 nitrogen and oxygen atoms in total. The van der Waals surface area contributed by atoms with Crippen LogP contribution in [0.1, 0.15) is 54.4 Å². The zero-order valence-electron chi connectivity index (χ0n) is 20.5. The summed E-state index contributed by atoms with van der Waals surface area (Å²) in [6.07, 6.45) is -6.60. The summed E-state index contributed by atoms with van der Waals surface area (Å²) in [6.45, 7) is 8.74. The van der Waals surface area contributed by atoms with Gasteiger partial charge in [0, 0.05) is 43.9 Å². The molecule has 0 radical (unpaired) electrons. The molecule has 3 saturated carbocycles. The Morgan fingerprint density at radius 2 is 1.71 bits per heavy atom. The van der Waals surface area contributed by atoms with Gasteiger partial charge in [0.25, 0.3) is 0 Å². The first-order chi connectivity index (χ1) is 15.6. The molecule has 0 aromatic rings. The third-order valence-electron chi connectivity index (χ3n) is 9.55. The van der Waals surface area contributed by atoms with Gasteiger partial charge in [-0.2, -0.15) is 0 Å². The summed E-state index contributed by atoms with van der Waals surface area (Å²) in [6, 6.07) is 0. The maximum Gasteiger partial charge on any atom is 0.303 e. The molecule has 0 aromatic heterocycles. The van der Waals surface area contributed by atoms with Crippen LogP contribution >= 0.6 is 0 Å². The fourth-order valence-corrected chi connectivity index (χ4v) is 7.58. The second-order valence-corrected chi connectivity index (χ2v) is 11.5. The molecule has 4 N–H and O–H groups in total. The van der Waals surface area contributed by atoms with Crippen LogP contribution in [0, 0.1) is 28.6 Å². The number of rotatable bonds is 2. The van der Waals surface area contributed by atoms with Crippen molar-refractivity contribution in [1.29, 1.82) is 0 Å². The van der Waals surface area contributed by atoms with Crippen LogP contribution in [0.4, 0.5) is 0 Å². The van der Waals surface area contributed by atoms with Gasteiger partial charge in [-0.15, -0.1) is 0 Å². The molecule has 2 bridgehead atoms. The van der Waals surface area contributed by atoms with E-state index in [4.69, 9.17) is 14.2 Å². The average Bonchev–Trinajstić information content (AvgIpc) is 2.71. The highest BCUT2D eigenvalue weighted by Gasteiger charge is 2.78. The fraction of sp³-hybridized carbons (Fsp3) is 0.875. The number of esters is 2. The second kappa shape index (κ2) is 7.70. The zero-order valence-corrected chi connectivity index (χ0v) is 20.5. The molecule has 4 aliphatic rings. The molecule has 0 spiro atoms. The number of Topliss-reactive ketones (excluding diaryl/α,β-unsaturated/α-hetero) is 1. The molecule has 2 unspecified atom stereocenters. The normalized spacial score (nSPS) is 51.6. The Morgan fingerprint density at radius 3 is 2.21 bits per heavy atom. The summed E-state index contributed by atoms with van der Waals surface area (Å²) in [5.74, 6) is -4.75. The van der Waals surface area contributed by atoms with E-state index in [1.165, 1.54) is 13.8 Å². The Morgan fingerprint density at radius 1 is 1.09 bits per heavy atom. The first-order valence-electron chi connectivity index (χ1n) is 11.8. The number of hydrogen-bond acceptors (Lipinski definition) is 10. The molecular formula is C24H36O10. The van der Waals surface area contributed by atoms with Crippen LogP contribution in [0.15, 0.2) is 0 Å². The number of carbonyl (C=O) groups is 3. The number of carbonyl (C=O) groups excluding carboxylic acids is 3. The Hall–Kier alpha value is -1.59. The second-order valence-electron chi connectivity index (χ2n) is 11.5. The Bertz CT molecular complexity index is 902. The van der Waals surface area contributed by atoms with Crippen LogP contribution in [0.2, 0.25) is 0 Å². The van der Waals surface area contributed by atoms with E-state index in [-0.39, 0.29) is 19.4 Å². The fourth-order valence-electron chi connectivity index (χ4n) is 7.58. The minimum Gasteiger partial charge on any atom is -0.454 e. The first kappa shape index (κ1) is 25.5. The molecule has 0 aromatic carbocycles. The highest BCUT2D eigenvalue weighted by atomic mass is 16.6. The summed E-state index contributed by atoms with van der Waals surface area (Å²) in [5.41, 5.74) is -6.43. The molecule has 10 heteroatoms. The van der Waals surface area contributed by atoms with Crippen molar-refractivity contribution < 1.29 is 49.0 Å². The Labute approximate surface area is 198 Å². The molecular weight excluding hydrogens is 448 g/mol. The molecule has 0 amide bonds. The summed E-state index contributed by atoms with van der Waals surface area (Å²) in [4.78, 5) is 38.6. The number of aliphatic hydroxyl groups is 4. The molecule has 34 heavy (non-hydrogen) atoms. The van der Waals surface area contributed by atoms with E-state index in [0.29, 0.717) is 0 Å². The van der Waals surface area contributed by atoms with Gasteiger partial charge in [0.2, 0.25) is 0 Å². The lowest BCUT2D eigenvalue weighted by Gasteiger charge is -2.68. The number of fused-ring (bicyclic) bond motifs is 5. The summed E-state index contributed by atoms with van der Waals surface area (Å²) < 4.78 is 16.9. The lowest BCUT2D eigenvalue weighted by Crippen LogP contribution is -2.82. The Kier molecular flexibility index (Phi) is 5.78. The molecule has 1 heterocycles. The molecule has 192 valence electrons. The van der Waals surface area contributed by atoms with Crippen LogP contribution in [-0.4, -0.2) is 86.5 Å². The van der Waals surface area contributed by atoms with Gasteiger partial charge in [-0.05, 0) is 12.8 Å². The predicted octanol–water partition coefficient (Wildman–Crippen LogP) is -0.276. The van der Waals surface area contributed by atoms with Gasteiger partial charge in [-0.3, -0.25) is 14.4 Å². The summed E-state index contributed by atoms with van der Waals surface area (Å²) in [5, 5.41) is 46.2. The van der Waals surface area contributed by atoms with Gasteiger partial charge in [0.1, 0.15) is 6.10 Å². The van der Waals surface area contributed by atoms with Crippen LogP contribution in [0.3, 0.4) is 0 Å². The number of ketones is 1. The molecule has 11 atom stereocenters. The standard InChI is InChI=1S/C24H36O10/c1-10-13(27)8-24(31)20(30)18-22(6,14(28)7-15-23(18,9-32-15)34-12(3)26)19(29)17(33-11(2)25)16(10)21(24,4)5/h10,13-18,20,27-28,30-31H,7-9H2,1-6H3/t10?,13-,14-,15+,16?,17+,18-,20-,22+,23-,24+/m0/s1. The SMILES string of the molecule is CC(=O)O[C@H]1C(=O)[C@@]2(C)[C@H]([C@H](O)[C@]3(O)C[C@H](O)C(C)C1C3(C)C)[C@]1(OC(C)=O)CO[C@@H]1C[C@@H]2O. The van der Waals surface area contributed by atoms with Crippen LogP contribution < -0.4 is 0 Å². The van der Waals surface area contributed by atoms with Gasteiger partial charge < -0.3 is 34.6 Å². The average molecular weight is 485 g/mol. The van der Waals surface area contributed by atoms with Gasteiger partial charge in [-0.25, -0.2) is 0 Å². The van der Waals surface area contributed by atoms with E-state index in [1.54, 1.807) is 20.8 Å². The molecule has 1 aliphatic heterocycles. The zero-order chi connectivity index (χ0) is 25.6. The summed E-state index contributed by atoms with van der Waals surface area (Å²) >= 11 is 0. The van der Waals surface area contributed by atoms with E-state index in [0.717, 1.165) is 6.92 Å². The van der Waals surface area contributed by atoms with Gasteiger partial charge in [0.15, 0.2) is 17.5 Å². The summed E-state index contributed by atoms with van der Waals surface area (Å²) in [7, 11) is 0. The maximum absolute atomic E-state index is 14.3. The van der Waals surface area contributed by atoms with Gasteiger partial charge in [0.05, 0.1) is 35.9 Å². The topological polar surface area (TPSA) is 160 Å². The highest BCUT2D eigenvalue weighted by Crippen LogP contribution is 2.64. The number of ether oxygens (including phenoxy) is 3. The van der Waals surface area contributed by atoms with Crippen molar-refractivity contribution >= 4 is 17.7 Å². The van der Waals surface area contributed by atoms with Crippen molar-refractivity contribution in [3.8, 4) is 0 Å². The molecule has 1 saturated heterocycles. The van der Waals surface area contributed by atoms with Gasteiger partial charge >= 0.3 is 11.9 Å². The van der Waals surface area contributed by atoms with E-state index in [2.05, 4.69) is 0 Å². The molecule has 4 fully saturated rings. The van der Waals surface area contributed by atoms with E-state index in [9.17, 15) is 34.8 Å². The third-order valence-corrected chi connectivity index (χ3v) is 9.55. The molecule has 3 aliphatic carbocycles. The number of hydrogen-bond donors (Lipinski definition) is 4. The van der Waals surface area contributed by atoms with Crippen molar-refractivity contribution in [2.24, 2.45) is 28.6 Å². The van der Waals surface area contributed by atoms with E-state index >= 15 is 0 Å². The van der Waals surface area contributed by atoms with Crippen LogP contribution in [0.5, 0.6) is 0 Å². The van der Waals surface area contributed by atoms with Crippen LogP contribution in [0.25, 0.3) is 0 Å².